The van der Waals surface area contributed by atoms with Crippen LogP contribution in [0.15, 0.2) is 59.4 Å². The van der Waals surface area contributed by atoms with Gasteiger partial charge in [-0.1, -0.05) is 37.3 Å². The lowest BCUT2D eigenvalue weighted by Gasteiger charge is -2.18. The van der Waals surface area contributed by atoms with Gasteiger partial charge in [-0.2, -0.15) is 5.10 Å². The summed E-state index contributed by atoms with van der Waals surface area (Å²) in [6, 6.07) is 16.6. The molecule has 3 aromatic rings. The van der Waals surface area contributed by atoms with Crippen LogP contribution < -0.4 is 15.5 Å². The van der Waals surface area contributed by atoms with Crippen molar-refractivity contribution in [2.45, 2.75) is 26.7 Å². The Bertz CT molecular complexity index is 1030. The number of methoxy groups -OCH3 is 1. The van der Waals surface area contributed by atoms with Crippen molar-refractivity contribution in [3.8, 4) is 22.6 Å². The molecule has 144 valence electrons. The van der Waals surface area contributed by atoms with Gasteiger partial charge in [0.25, 0.3) is 0 Å². The Kier molecular flexibility index (Phi) is 5.89. The third-order valence-corrected chi connectivity index (χ3v) is 4.37. The maximum atomic E-state index is 13.0. The zero-order valence-electron chi connectivity index (χ0n) is 16.2. The average Bonchev–Trinajstić information content (AvgIpc) is 2.72. The van der Waals surface area contributed by atoms with Gasteiger partial charge in [0.1, 0.15) is 17.3 Å². The van der Waals surface area contributed by atoms with Gasteiger partial charge in [0.05, 0.1) is 18.4 Å². The van der Waals surface area contributed by atoms with Gasteiger partial charge in [-0.3, -0.25) is 9.59 Å². The summed E-state index contributed by atoms with van der Waals surface area (Å²) >= 11 is 0. The van der Waals surface area contributed by atoms with Crippen molar-refractivity contribution < 1.29 is 9.53 Å². The first-order valence-corrected chi connectivity index (χ1v) is 9.18. The first-order chi connectivity index (χ1) is 13.5. The van der Waals surface area contributed by atoms with Gasteiger partial charge < -0.3 is 10.1 Å². The fourth-order valence-electron chi connectivity index (χ4n) is 2.96. The minimum Gasteiger partial charge on any atom is -0.497 e. The van der Waals surface area contributed by atoms with Crippen LogP contribution in [-0.4, -0.2) is 22.8 Å². The first-order valence-electron chi connectivity index (χ1n) is 9.18. The second-order valence-corrected chi connectivity index (χ2v) is 6.41. The maximum Gasteiger partial charge on any atom is 0.225 e. The van der Waals surface area contributed by atoms with E-state index < -0.39 is 0 Å². The number of para-hydroxylation sites is 1. The number of benzene rings is 2. The minimum atomic E-state index is -0.218. The molecule has 0 fully saturated rings. The van der Waals surface area contributed by atoms with E-state index in [9.17, 15) is 9.59 Å². The molecule has 2 aromatic carbocycles. The summed E-state index contributed by atoms with van der Waals surface area (Å²) in [6.07, 6.45) is 1.07. The number of carbonyl (C=O) groups is 1. The molecule has 1 N–H and O–H groups in total. The van der Waals surface area contributed by atoms with Gasteiger partial charge in [0.2, 0.25) is 11.3 Å². The standard InChI is InChI=1S/C22H23N3O3/c1-4-8-19(26)23-22-20(16-11-13-18(28-3)14-12-16)21(27)15(2)24-25(22)17-9-6-5-7-10-17/h5-7,9-14H,4,8H2,1-3H3,(H,23,26). The highest BCUT2D eigenvalue weighted by Crippen LogP contribution is 2.28. The molecule has 28 heavy (non-hydrogen) atoms. The molecule has 1 amide bonds. The van der Waals surface area contributed by atoms with E-state index in [1.54, 1.807) is 43.0 Å². The molecule has 0 bridgehead atoms. The van der Waals surface area contributed by atoms with E-state index in [0.29, 0.717) is 41.2 Å². The lowest BCUT2D eigenvalue weighted by molar-refractivity contribution is -0.116. The largest absolute Gasteiger partial charge is 0.497 e. The van der Waals surface area contributed by atoms with Crippen LogP contribution in [0.3, 0.4) is 0 Å². The molecular formula is C22H23N3O3. The molecule has 0 aliphatic carbocycles. The summed E-state index contributed by atoms with van der Waals surface area (Å²) in [7, 11) is 1.59. The van der Waals surface area contributed by atoms with Crippen LogP contribution in [0.4, 0.5) is 5.82 Å². The second-order valence-electron chi connectivity index (χ2n) is 6.41. The van der Waals surface area contributed by atoms with E-state index in [1.165, 1.54) is 0 Å². The predicted molar refractivity (Wildman–Crippen MR) is 110 cm³/mol. The highest BCUT2D eigenvalue weighted by Gasteiger charge is 2.20. The van der Waals surface area contributed by atoms with Gasteiger partial charge in [0, 0.05) is 6.42 Å². The fourth-order valence-corrected chi connectivity index (χ4v) is 2.96. The van der Waals surface area contributed by atoms with Gasteiger partial charge in [-0.25, -0.2) is 4.68 Å². The first kappa shape index (κ1) is 19.4. The molecule has 0 radical (unpaired) electrons. The summed E-state index contributed by atoms with van der Waals surface area (Å²) in [5.74, 6) is 0.895. The summed E-state index contributed by atoms with van der Waals surface area (Å²) in [4.78, 5) is 25.4. The average molecular weight is 377 g/mol. The van der Waals surface area contributed by atoms with Crippen molar-refractivity contribution in [1.29, 1.82) is 0 Å². The number of anilines is 1. The molecule has 0 aliphatic heterocycles. The van der Waals surface area contributed by atoms with Crippen molar-refractivity contribution >= 4 is 11.7 Å². The fraction of sp³-hybridized carbons (Fsp3) is 0.227. The number of nitrogens with one attached hydrogen (secondary N) is 1. The Morgan fingerprint density at radius 2 is 1.79 bits per heavy atom. The highest BCUT2D eigenvalue weighted by atomic mass is 16.5. The third-order valence-electron chi connectivity index (χ3n) is 4.37. The summed E-state index contributed by atoms with van der Waals surface area (Å²) in [6.45, 7) is 3.61. The van der Waals surface area contributed by atoms with Gasteiger partial charge in [0.15, 0.2) is 0 Å². The van der Waals surface area contributed by atoms with Crippen LogP contribution in [0, 0.1) is 6.92 Å². The number of rotatable bonds is 6. The Morgan fingerprint density at radius 3 is 2.39 bits per heavy atom. The normalized spacial score (nSPS) is 10.5. The number of ether oxygens (including phenoxy) is 1. The van der Waals surface area contributed by atoms with Crippen LogP contribution in [0.5, 0.6) is 5.75 Å². The molecular weight excluding hydrogens is 354 g/mol. The molecule has 0 unspecified atom stereocenters. The van der Waals surface area contributed by atoms with Crippen LogP contribution in [0.1, 0.15) is 25.5 Å². The van der Waals surface area contributed by atoms with Crippen molar-refractivity contribution in [2.75, 3.05) is 12.4 Å². The van der Waals surface area contributed by atoms with Crippen LogP contribution in [0.25, 0.3) is 16.8 Å². The Hall–Kier alpha value is -3.41. The predicted octanol–water partition coefficient (Wildman–Crippen LogP) is 3.96. The van der Waals surface area contributed by atoms with Gasteiger partial charge in [-0.05, 0) is 43.2 Å². The molecule has 1 aromatic heterocycles. The van der Waals surface area contributed by atoms with Gasteiger partial charge >= 0.3 is 0 Å². The molecule has 6 nitrogen and oxygen atoms in total. The number of aromatic nitrogens is 2. The van der Waals surface area contributed by atoms with Crippen LogP contribution >= 0.6 is 0 Å². The van der Waals surface area contributed by atoms with Gasteiger partial charge in [-0.15, -0.1) is 0 Å². The molecule has 6 heteroatoms. The highest BCUT2D eigenvalue weighted by molar-refractivity contribution is 5.94. The Morgan fingerprint density at radius 1 is 1.11 bits per heavy atom. The second kappa shape index (κ2) is 8.52. The number of hydrogen-bond donors (Lipinski definition) is 1. The zero-order chi connectivity index (χ0) is 20.1. The zero-order valence-corrected chi connectivity index (χ0v) is 16.2. The smallest absolute Gasteiger partial charge is 0.225 e. The van der Waals surface area contributed by atoms with E-state index in [2.05, 4.69) is 10.4 Å². The molecule has 1 heterocycles. The lowest BCUT2D eigenvalue weighted by atomic mass is 10.0. The number of aryl methyl sites for hydroxylation is 1. The molecule has 0 saturated heterocycles. The Labute approximate surface area is 163 Å². The minimum absolute atomic E-state index is 0.160. The molecule has 3 rings (SSSR count). The van der Waals surface area contributed by atoms with Crippen molar-refractivity contribution in [1.82, 2.24) is 9.78 Å². The number of carbonyl (C=O) groups excluding carboxylic acids is 1. The quantitative estimate of drug-likeness (QED) is 0.706. The van der Waals surface area contributed by atoms with E-state index in [1.807, 2.05) is 37.3 Å². The van der Waals surface area contributed by atoms with E-state index in [4.69, 9.17) is 4.74 Å². The lowest BCUT2D eigenvalue weighted by Crippen LogP contribution is -2.24. The maximum absolute atomic E-state index is 13.0. The van der Waals surface area contributed by atoms with Crippen molar-refractivity contribution in [2.24, 2.45) is 0 Å². The van der Waals surface area contributed by atoms with Crippen molar-refractivity contribution in [3.63, 3.8) is 0 Å². The Balaban J connectivity index is 2.27. The van der Waals surface area contributed by atoms with Crippen molar-refractivity contribution in [3.05, 3.63) is 70.5 Å². The topological polar surface area (TPSA) is 73.2 Å². The summed E-state index contributed by atoms with van der Waals surface area (Å²) in [5, 5.41) is 7.34. The molecule has 0 saturated carbocycles. The SMILES string of the molecule is CCCC(=O)Nc1c(-c2ccc(OC)cc2)c(=O)c(C)nn1-c1ccccc1. The number of amides is 1. The third kappa shape index (κ3) is 3.96. The van der Waals surface area contributed by atoms with E-state index in [0.717, 1.165) is 5.69 Å². The van der Waals surface area contributed by atoms with Crippen LogP contribution in [-0.2, 0) is 4.79 Å². The van der Waals surface area contributed by atoms with E-state index in [-0.39, 0.29) is 11.3 Å². The monoisotopic (exact) mass is 377 g/mol. The van der Waals surface area contributed by atoms with Crippen LogP contribution in [0.2, 0.25) is 0 Å². The summed E-state index contributed by atoms with van der Waals surface area (Å²) < 4.78 is 6.83. The summed E-state index contributed by atoms with van der Waals surface area (Å²) in [5.41, 5.74) is 1.98. The molecule has 0 atom stereocenters. The number of hydrogen-bond acceptors (Lipinski definition) is 4. The van der Waals surface area contributed by atoms with E-state index >= 15 is 0 Å². The molecule has 0 spiro atoms. The molecule has 0 aliphatic rings. The number of nitrogens with zero attached hydrogens (tertiary/aromatic N) is 2.